The average Bonchev–Trinajstić information content (AvgIpc) is 3.52. The molecule has 2 aromatic carbocycles. The van der Waals surface area contributed by atoms with Gasteiger partial charge in [0, 0.05) is 17.9 Å². The molecule has 1 saturated carbocycles. The summed E-state index contributed by atoms with van der Waals surface area (Å²) in [6.45, 7) is 2.01. The number of anilines is 1. The van der Waals surface area contributed by atoms with Crippen molar-refractivity contribution in [2.24, 2.45) is 0 Å². The van der Waals surface area contributed by atoms with Crippen LogP contribution in [0.5, 0.6) is 5.75 Å². The van der Waals surface area contributed by atoms with Gasteiger partial charge in [0.25, 0.3) is 0 Å². The third-order valence-corrected chi connectivity index (χ3v) is 7.44. The van der Waals surface area contributed by atoms with Gasteiger partial charge in [-0.25, -0.2) is 4.98 Å². The van der Waals surface area contributed by atoms with E-state index < -0.39 is 0 Å². The molecule has 32 heavy (non-hydrogen) atoms. The van der Waals surface area contributed by atoms with Crippen molar-refractivity contribution >= 4 is 33.3 Å². The van der Waals surface area contributed by atoms with Crippen LogP contribution < -0.4 is 10.1 Å². The first kappa shape index (κ1) is 19.5. The van der Waals surface area contributed by atoms with E-state index >= 15 is 0 Å². The number of para-hydroxylation sites is 1. The molecule has 3 heterocycles. The van der Waals surface area contributed by atoms with Crippen LogP contribution in [0.2, 0.25) is 0 Å². The van der Waals surface area contributed by atoms with Gasteiger partial charge in [-0.1, -0.05) is 35.6 Å². The first-order chi connectivity index (χ1) is 15.7. The second-order valence-corrected chi connectivity index (χ2v) is 9.63. The van der Waals surface area contributed by atoms with Crippen LogP contribution >= 0.6 is 11.3 Å². The van der Waals surface area contributed by atoms with Gasteiger partial charge in [-0.3, -0.25) is 4.79 Å². The van der Waals surface area contributed by atoms with Gasteiger partial charge in [-0.15, -0.1) is 0 Å². The highest BCUT2D eigenvalue weighted by Crippen LogP contribution is 2.42. The van der Waals surface area contributed by atoms with E-state index in [1.165, 1.54) is 12.8 Å². The van der Waals surface area contributed by atoms with Crippen LogP contribution in [0.15, 0.2) is 48.5 Å². The minimum atomic E-state index is -0.0611. The van der Waals surface area contributed by atoms with Crippen molar-refractivity contribution < 1.29 is 9.53 Å². The number of aromatic nitrogens is 3. The smallest absolute Gasteiger partial charge is 0.226 e. The van der Waals surface area contributed by atoms with Gasteiger partial charge in [0.05, 0.1) is 22.0 Å². The first-order valence-electron chi connectivity index (χ1n) is 11.2. The average molecular weight is 445 g/mol. The molecule has 4 aromatic rings. The number of rotatable bonds is 4. The molecule has 2 aliphatic rings. The van der Waals surface area contributed by atoms with Gasteiger partial charge in [0.2, 0.25) is 11.0 Å². The monoisotopic (exact) mass is 444 g/mol. The largest absolute Gasteiger partial charge is 0.490 e. The van der Waals surface area contributed by atoms with Gasteiger partial charge in [0.1, 0.15) is 11.6 Å². The lowest BCUT2D eigenvalue weighted by atomic mass is 9.86. The van der Waals surface area contributed by atoms with Crippen LogP contribution in [-0.2, 0) is 4.79 Å². The maximum atomic E-state index is 12.7. The number of nitrogens with one attached hydrogen (secondary N) is 1. The van der Waals surface area contributed by atoms with E-state index in [-0.39, 0.29) is 11.8 Å². The molecule has 0 radical (unpaired) electrons. The fraction of sp³-hybridized carbons (Fsp3) is 0.320. The summed E-state index contributed by atoms with van der Waals surface area (Å²) < 4.78 is 9.12. The Kier molecular flexibility index (Phi) is 4.72. The van der Waals surface area contributed by atoms with E-state index in [1.807, 2.05) is 37.3 Å². The number of ether oxygens (including phenoxy) is 1. The summed E-state index contributed by atoms with van der Waals surface area (Å²) >= 11 is 1.57. The molecule has 0 saturated heterocycles. The zero-order chi connectivity index (χ0) is 21.7. The Morgan fingerprint density at radius 1 is 1.12 bits per heavy atom. The van der Waals surface area contributed by atoms with Crippen LogP contribution in [0.3, 0.4) is 0 Å². The first-order valence-corrected chi connectivity index (χ1v) is 12.0. The van der Waals surface area contributed by atoms with Gasteiger partial charge < -0.3 is 10.1 Å². The second kappa shape index (κ2) is 7.74. The highest BCUT2D eigenvalue weighted by Gasteiger charge is 2.33. The highest BCUT2D eigenvalue weighted by molar-refractivity contribution is 7.20. The van der Waals surface area contributed by atoms with Crippen LogP contribution in [0, 0.1) is 6.92 Å². The van der Waals surface area contributed by atoms with Gasteiger partial charge in [0.15, 0.2) is 0 Å². The Balaban J connectivity index is 1.40. The maximum absolute atomic E-state index is 12.7. The molecule has 6 nitrogen and oxygen atoms in total. The minimum Gasteiger partial charge on any atom is -0.490 e. The van der Waals surface area contributed by atoms with E-state index in [9.17, 15) is 4.79 Å². The third-order valence-electron chi connectivity index (χ3n) is 6.43. The Morgan fingerprint density at radius 3 is 2.81 bits per heavy atom. The molecule has 2 aromatic heterocycles. The van der Waals surface area contributed by atoms with Crippen LogP contribution in [-0.4, -0.2) is 26.8 Å². The van der Waals surface area contributed by atoms with Crippen molar-refractivity contribution in [2.75, 3.05) is 5.32 Å². The number of aryl methyl sites for hydroxylation is 1. The Bertz CT molecular complexity index is 1290. The lowest BCUT2D eigenvalue weighted by Gasteiger charge is -2.24. The van der Waals surface area contributed by atoms with Crippen LogP contribution in [0.25, 0.3) is 15.3 Å². The molecule has 1 amide bonds. The molecule has 0 spiro atoms. The fourth-order valence-electron chi connectivity index (χ4n) is 4.92. The molecule has 0 unspecified atom stereocenters. The lowest BCUT2D eigenvalue weighted by Crippen LogP contribution is -2.25. The molecule has 162 valence electrons. The predicted octanol–water partition coefficient (Wildman–Crippen LogP) is 5.59. The van der Waals surface area contributed by atoms with Crippen molar-refractivity contribution in [1.82, 2.24) is 14.8 Å². The van der Waals surface area contributed by atoms with Gasteiger partial charge in [-0.05, 0) is 62.4 Å². The normalized spacial score (nSPS) is 18.7. The summed E-state index contributed by atoms with van der Waals surface area (Å²) in [6, 6.07) is 16.3. The number of thiazole rings is 1. The van der Waals surface area contributed by atoms with Gasteiger partial charge in [-0.2, -0.15) is 9.78 Å². The van der Waals surface area contributed by atoms with Crippen molar-refractivity contribution in [1.29, 1.82) is 0 Å². The number of hydrogen-bond acceptors (Lipinski definition) is 5. The topological polar surface area (TPSA) is 69.0 Å². The standard InChI is InChI=1S/C25H24N4O2S/c1-15-23-19(16-7-6-10-18(13-16)31-17-8-2-3-9-17)14-22(30)27-24(23)29(28-15)25-26-20-11-4-5-12-21(20)32-25/h4-7,10-13,17,19H,2-3,8-9,14H2,1H3,(H,27,30)/t19-/m0/s1. The second-order valence-electron chi connectivity index (χ2n) is 8.63. The number of nitrogens with zero attached hydrogens (tertiary/aromatic N) is 3. The molecule has 7 heteroatoms. The molecular formula is C25H24N4O2S. The van der Waals surface area contributed by atoms with E-state index in [0.29, 0.717) is 12.5 Å². The SMILES string of the molecule is Cc1nn(-c2nc3ccccc3s2)c2c1[C@H](c1cccc(OC3CCCC3)c1)CC(=O)N2. The number of fused-ring (bicyclic) bond motifs is 2. The Labute approximate surface area is 190 Å². The van der Waals surface area contributed by atoms with Crippen molar-refractivity contribution in [3.05, 3.63) is 65.4 Å². The molecule has 1 atom stereocenters. The summed E-state index contributed by atoms with van der Waals surface area (Å²) in [6.07, 6.45) is 5.41. The maximum Gasteiger partial charge on any atom is 0.226 e. The van der Waals surface area contributed by atoms with E-state index in [0.717, 1.165) is 56.6 Å². The number of carbonyl (C=O) groups excluding carboxylic acids is 1. The summed E-state index contributed by atoms with van der Waals surface area (Å²) in [5.41, 5.74) is 3.99. The number of hydrogen-bond donors (Lipinski definition) is 1. The van der Waals surface area contributed by atoms with Gasteiger partial charge >= 0.3 is 0 Å². The number of carbonyl (C=O) groups is 1. The van der Waals surface area contributed by atoms with Crippen LogP contribution in [0.4, 0.5) is 5.82 Å². The fourth-order valence-corrected chi connectivity index (χ4v) is 5.85. The van der Waals surface area contributed by atoms with E-state index in [1.54, 1.807) is 16.0 Å². The molecule has 1 fully saturated rings. The van der Waals surface area contributed by atoms with Crippen molar-refractivity contribution in [2.45, 2.75) is 51.0 Å². The highest BCUT2D eigenvalue weighted by atomic mass is 32.1. The van der Waals surface area contributed by atoms with E-state index in [2.05, 4.69) is 23.5 Å². The predicted molar refractivity (Wildman–Crippen MR) is 126 cm³/mol. The minimum absolute atomic E-state index is 0.00752. The van der Waals surface area contributed by atoms with Crippen molar-refractivity contribution in [3.63, 3.8) is 0 Å². The Morgan fingerprint density at radius 2 is 1.97 bits per heavy atom. The zero-order valence-electron chi connectivity index (χ0n) is 17.9. The molecule has 1 aliphatic heterocycles. The van der Waals surface area contributed by atoms with Crippen molar-refractivity contribution in [3.8, 4) is 10.9 Å². The molecular weight excluding hydrogens is 420 g/mol. The lowest BCUT2D eigenvalue weighted by molar-refractivity contribution is -0.116. The summed E-state index contributed by atoms with van der Waals surface area (Å²) in [5, 5.41) is 8.61. The summed E-state index contributed by atoms with van der Waals surface area (Å²) in [5.74, 6) is 1.55. The van der Waals surface area contributed by atoms with E-state index in [4.69, 9.17) is 14.8 Å². The molecule has 1 aliphatic carbocycles. The summed E-state index contributed by atoms with van der Waals surface area (Å²) in [4.78, 5) is 17.5. The molecule has 6 rings (SSSR count). The quantitative estimate of drug-likeness (QED) is 0.446. The zero-order valence-corrected chi connectivity index (χ0v) is 18.7. The molecule has 1 N–H and O–H groups in total. The third kappa shape index (κ3) is 3.37. The summed E-state index contributed by atoms with van der Waals surface area (Å²) in [7, 11) is 0. The molecule has 0 bridgehead atoms. The number of amides is 1. The Hall–Kier alpha value is -3.19. The van der Waals surface area contributed by atoms with Crippen LogP contribution in [0.1, 0.15) is 54.8 Å². The number of benzene rings is 2.